The van der Waals surface area contributed by atoms with Crippen LogP contribution in [-0.2, 0) is 9.53 Å². The Hall–Kier alpha value is -0.220. The lowest BCUT2D eigenvalue weighted by Crippen LogP contribution is -2.38. The van der Waals surface area contributed by atoms with Crippen LogP contribution in [0, 0.1) is 5.92 Å². The van der Waals surface area contributed by atoms with E-state index in [9.17, 15) is 4.79 Å². The molecule has 0 aromatic heterocycles. The molecule has 96 valence electrons. The van der Waals surface area contributed by atoms with E-state index in [4.69, 9.17) is 4.74 Å². The van der Waals surface area contributed by atoms with E-state index >= 15 is 0 Å². The molecule has 1 N–H and O–H groups in total. The second kappa shape index (κ2) is 9.97. The van der Waals surface area contributed by atoms with E-state index in [1.165, 1.54) is 0 Å². The molecular weight excluding hydrogens is 222 g/mol. The molecule has 0 spiro atoms. The van der Waals surface area contributed by atoms with Gasteiger partial charge in [0.25, 0.3) is 0 Å². The van der Waals surface area contributed by atoms with E-state index in [0.29, 0.717) is 12.5 Å². The number of esters is 1. The number of rotatable bonds is 9. The summed E-state index contributed by atoms with van der Waals surface area (Å²) in [5.74, 6) is 2.76. The van der Waals surface area contributed by atoms with Crippen molar-refractivity contribution in [3.63, 3.8) is 0 Å². The van der Waals surface area contributed by atoms with Gasteiger partial charge in [-0.15, -0.1) is 0 Å². The first kappa shape index (κ1) is 15.8. The molecule has 0 saturated heterocycles. The number of likely N-dealkylation sites (N-methyl/N-ethyl adjacent to an activating group) is 1. The Kier molecular flexibility index (Phi) is 9.83. The summed E-state index contributed by atoms with van der Waals surface area (Å²) in [4.78, 5) is 11.6. The quantitative estimate of drug-likeness (QED) is 0.501. The lowest BCUT2D eigenvalue weighted by molar-refractivity contribution is -0.145. The van der Waals surface area contributed by atoms with Gasteiger partial charge in [0.1, 0.15) is 6.04 Å². The Morgan fingerprint density at radius 3 is 2.56 bits per heavy atom. The zero-order valence-corrected chi connectivity index (χ0v) is 11.7. The van der Waals surface area contributed by atoms with Crippen molar-refractivity contribution in [3.05, 3.63) is 0 Å². The number of carbonyl (C=O) groups is 1. The number of ether oxygens (including phenoxy) is 1. The molecule has 0 aliphatic heterocycles. The third-order valence-corrected chi connectivity index (χ3v) is 3.45. The maximum atomic E-state index is 11.6. The largest absolute Gasteiger partial charge is 0.465 e. The van der Waals surface area contributed by atoms with Gasteiger partial charge in [-0.1, -0.05) is 20.8 Å². The molecule has 3 nitrogen and oxygen atoms in total. The molecular formula is C12H25NO2S. The Morgan fingerprint density at radius 2 is 2.06 bits per heavy atom. The lowest BCUT2D eigenvalue weighted by Gasteiger charge is -2.16. The van der Waals surface area contributed by atoms with Gasteiger partial charge in [-0.3, -0.25) is 4.79 Å². The van der Waals surface area contributed by atoms with Crippen molar-refractivity contribution in [2.75, 3.05) is 24.7 Å². The fourth-order valence-corrected chi connectivity index (χ4v) is 2.35. The van der Waals surface area contributed by atoms with Crippen molar-refractivity contribution in [3.8, 4) is 0 Å². The summed E-state index contributed by atoms with van der Waals surface area (Å²) in [5, 5.41) is 3.17. The average Bonchev–Trinajstić information content (AvgIpc) is 2.22. The van der Waals surface area contributed by atoms with Crippen LogP contribution in [0.25, 0.3) is 0 Å². The number of thioether (sulfide) groups is 1. The van der Waals surface area contributed by atoms with Crippen LogP contribution in [0.1, 0.15) is 34.1 Å². The van der Waals surface area contributed by atoms with Crippen molar-refractivity contribution in [2.24, 2.45) is 5.92 Å². The Labute approximate surface area is 104 Å². The molecule has 0 heterocycles. The van der Waals surface area contributed by atoms with Crippen LogP contribution in [0.15, 0.2) is 0 Å². The first-order valence-electron chi connectivity index (χ1n) is 6.09. The molecule has 0 bridgehead atoms. The van der Waals surface area contributed by atoms with Crippen LogP contribution in [0.2, 0.25) is 0 Å². The second-order valence-corrected chi connectivity index (χ2v) is 5.27. The summed E-state index contributed by atoms with van der Waals surface area (Å²) < 4.78 is 5.02. The Balaban J connectivity index is 3.80. The number of nitrogens with one attached hydrogen (secondary N) is 1. The maximum absolute atomic E-state index is 11.6. The van der Waals surface area contributed by atoms with Gasteiger partial charge >= 0.3 is 5.97 Å². The van der Waals surface area contributed by atoms with Gasteiger partial charge in [0.15, 0.2) is 0 Å². The summed E-state index contributed by atoms with van der Waals surface area (Å²) >= 11 is 1.90. The molecule has 0 fully saturated rings. The summed E-state index contributed by atoms with van der Waals surface area (Å²) in [5.41, 5.74) is 0. The third kappa shape index (κ3) is 7.99. The van der Waals surface area contributed by atoms with Gasteiger partial charge in [0.2, 0.25) is 0 Å². The molecule has 0 aliphatic carbocycles. The fraction of sp³-hybridized carbons (Fsp3) is 0.917. The minimum Gasteiger partial charge on any atom is -0.465 e. The maximum Gasteiger partial charge on any atom is 0.323 e. The van der Waals surface area contributed by atoms with Crippen LogP contribution in [-0.4, -0.2) is 36.7 Å². The van der Waals surface area contributed by atoms with E-state index in [-0.39, 0.29) is 12.0 Å². The van der Waals surface area contributed by atoms with Gasteiger partial charge in [-0.05, 0) is 37.3 Å². The molecule has 0 rings (SSSR count). The van der Waals surface area contributed by atoms with Gasteiger partial charge in [-0.2, -0.15) is 11.8 Å². The van der Waals surface area contributed by atoms with E-state index in [2.05, 4.69) is 19.2 Å². The standard InChI is InChI=1S/C12H25NO2S/c1-5-13-11(12(14)15-6-2)7-8-16-9-10(3)4/h10-11,13H,5-9H2,1-4H3. The zero-order chi connectivity index (χ0) is 12.4. The van der Waals surface area contributed by atoms with Crippen LogP contribution >= 0.6 is 11.8 Å². The van der Waals surface area contributed by atoms with Crippen LogP contribution in [0.5, 0.6) is 0 Å². The van der Waals surface area contributed by atoms with E-state index in [0.717, 1.165) is 24.5 Å². The van der Waals surface area contributed by atoms with Crippen LogP contribution < -0.4 is 5.32 Å². The summed E-state index contributed by atoms with van der Waals surface area (Å²) in [6.45, 7) is 9.53. The predicted molar refractivity (Wildman–Crippen MR) is 70.9 cm³/mol. The van der Waals surface area contributed by atoms with Gasteiger partial charge < -0.3 is 10.1 Å². The first-order valence-corrected chi connectivity index (χ1v) is 7.25. The van der Waals surface area contributed by atoms with Crippen LogP contribution in [0.3, 0.4) is 0 Å². The molecule has 0 amide bonds. The van der Waals surface area contributed by atoms with Crippen molar-refractivity contribution in [1.29, 1.82) is 0 Å². The van der Waals surface area contributed by atoms with Gasteiger partial charge in [0, 0.05) is 0 Å². The minimum absolute atomic E-state index is 0.116. The molecule has 0 radical (unpaired) electrons. The topological polar surface area (TPSA) is 38.3 Å². The van der Waals surface area contributed by atoms with E-state index < -0.39 is 0 Å². The third-order valence-electron chi connectivity index (χ3n) is 2.02. The SMILES string of the molecule is CCNC(CCSCC(C)C)C(=O)OCC. The van der Waals surface area contributed by atoms with Crippen molar-refractivity contribution < 1.29 is 9.53 Å². The second-order valence-electron chi connectivity index (χ2n) is 4.12. The molecule has 0 aromatic rings. The predicted octanol–water partition coefficient (Wildman–Crippen LogP) is 2.31. The van der Waals surface area contributed by atoms with Crippen molar-refractivity contribution >= 4 is 17.7 Å². The molecule has 1 unspecified atom stereocenters. The summed E-state index contributed by atoms with van der Waals surface area (Å²) in [6, 6.07) is -0.135. The smallest absolute Gasteiger partial charge is 0.323 e. The fourth-order valence-electron chi connectivity index (χ4n) is 1.31. The highest BCUT2D eigenvalue weighted by Gasteiger charge is 2.17. The molecule has 0 aromatic carbocycles. The monoisotopic (exact) mass is 247 g/mol. The minimum atomic E-state index is -0.135. The Bertz CT molecular complexity index is 186. The van der Waals surface area contributed by atoms with Crippen molar-refractivity contribution in [1.82, 2.24) is 5.32 Å². The van der Waals surface area contributed by atoms with Crippen LogP contribution in [0.4, 0.5) is 0 Å². The lowest BCUT2D eigenvalue weighted by atomic mass is 10.2. The molecule has 4 heteroatoms. The normalized spacial score (nSPS) is 12.8. The van der Waals surface area contributed by atoms with Crippen molar-refractivity contribution in [2.45, 2.75) is 40.2 Å². The summed E-state index contributed by atoms with van der Waals surface area (Å²) in [7, 11) is 0. The zero-order valence-electron chi connectivity index (χ0n) is 10.9. The first-order chi connectivity index (χ1) is 7.61. The number of hydrogen-bond donors (Lipinski definition) is 1. The highest BCUT2D eigenvalue weighted by Crippen LogP contribution is 2.10. The Morgan fingerprint density at radius 1 is 1.38 bits per heavy atom. The number of hydrogen-bond acceptors (Lipinski definition) is 4. The highest BCUT2D eigenvalue weighted by molar-refractivity contribution is 7.99. The molecule has 0 saturated carbocycles. The molecule has 16 heavy (non-hydrogen) atoms. The van der Waals surface area contributed by atoms with E-state index in [1.807, 2.05) is 25.6 Å². The molecule has 0 aliphatic rings. The molecule has 1 atom stereocenters. The summed E-state index contributed by atoms with van der Waals surface area (Å²) in [6.07, 6.45) is 0.851. The number of carbonyl (C=O) groups excluding carboxylic acids is 1. The van der Waals surface area contributed by atoms with Gasteiger partial charge in [-0.25, -0.2) is 0 Å². The highest BCUT2D eigenvalue weighted by atomic mass is 32.2. The van der Waals surface area contributed by atoms with Gasteiger partial charge in [0.05, 0.1) is 6.61 Å². The van der Waals surface area contributed by atoms with E-state index in [1.54, 1.807) is 0 Å². The average molecular weight is 247 g/mol.